The van der Waals surface area contributed by atoms with E-state index in [9.17, 15) is 8.42 Å². The van der Waals surface area contributed by atoms with Crippen LogP contribution in [0.25, 0.3) is 39.2 Å². The van der Waals surface area contributed by atoms with Gasteiger partial charge in [0.25, 0.3) is 0 Å². The number of nitrogens with zero attached hydrogens (tertiary/aromatic N) is 14. The Labute approximate surface area is 928 Å². The summed E-state index contributed by atoms with van der Waals surface area (Å²) in [6.45, 7) is 39.7. The molecule has 788 valence electrons. The molecule has 0 bridgehead atoms. The number of halogens is 13. The average Bonchev–Trinajstić information content (AvgIpc) is 1.70. The number of hydrogen-bond acceptors (Lipinski definition) is 23. The number of nitrogen functional groups attached to an aromatic ring is 5. The predicted molar refractivity (Wildman–Crippen MR) is 614 cm³/mol. The van der Waals surface area contributed by atoms with Crippen LogP contribution < -0.4 is 81.2 Å². The molecule has 3 aliphatic carbocycles. The van der Waals surface area contributed by atoms with Gasteiger partial charge >= 0.3 is 14.2 Å². The lowest BCUT2D eigenvalue weighted by Crippen LogP contribution is -2.51. The molecule has 3 saturated carbocycles. The van der Waals surface area contributed by atoms with Crippen LogP contribution in [-0.2, 0) is 40.6 Å². The average molecular weight is 2380 g/mol. The Hall–Kier alpha value is -6.14. The standard InChI is InChI=1S/C26H34Cl2N6OS.C22H26Cl2N6.C20H30BrN5OS.2C12H16BCl2NO2.C6H4BrCl2N.ClH.H4N4/c1-16-20(17-7-8-18(29)22(28)21(17)27)23-30-12-15-34(23)24(31-16)33-13-10-26(11-14-33)9-5-6-19(26)32-36(35)25(2,3)4;1-13-17(14-4-5-15(25)19(24)18(14)23)20-27-9-12-30(20)21(28-13)29-10-7-22(8-11-29)6-2-3-16(22)26;1-14-16(21)17-22-10-13-26(17)18(23-14)25-11-8-20(9-12-25)7-5-6-15(20)24-28(27)19(2,3)4;2*1-11(2)12(3,4)18-13(17-11)7-5-6-8(16)10(15)9(7)14;7-3-1-2-4(10)6(9)5(3)8;;1-3-4-2/h7-8,12,15,19,32H,5-6,9-11,13-14,29H2,1-4H3;4-5,9,12,16H,2-3,6-8,10-11,25-26H2,1H3;10,13,15,24H,5-9,11-12H2,1-4H3;2*5-6H,16H2,1-4H3;1-2H,10H2;1H;(H2,1,4)(H2,2,3)/t19-,36-;16-;15-,28-;;;;;/m111...../s1. The number of anilines is 8. The van der Waals surface area contributed by atoms with Gasteiger partial charge in [0.15, 0.2) is 5.65 Å². The maximum atomic E-state index is 12.8. The second-order valence-corrected chi connectivity index (χ2v) is 51.4. The number of benzene rings is 5. The topological polar surface area (TPSA) is 428 Å². The molecular formula is C98H131B2Br2Cl11N24O6S2. The highest BCUT2D eigenvalue weighted by molar-refractivity contribution is 9.11. The van der Waals surface area contributed by atoms with Gasteiger partial charge in [0.05, 0.1) is 154 Å². The van der Waals surface area contributed by atoms with E-state index >= 15 is 0 Å². The van der Waals surface area contributed by atoms with E-state index in [1.807, 2.05) is 159 Å². The van der Waals surface area contributed by atoms with Crippen LogP contribution in [-0.4, -0.2) is 155 Å². The van der Waals surface area contributed by atoms with Crippen molar-refractivity contribution in [1.82, 2.24) is 52.6 Å². The third kappa shape index (κ3) is 25.0. The third-order valence-corrected chi connectivity index (χ3v) is 39.3. The molecule has 145 heavy (non-hydrogen) atoms. The summed E-state index contributed by atoms with van der Waals surface area (Å²) < 4.78 is 63.6. The first-order chi connectivity index (χ1) is 67.5. The van der Waals surface area contributed by atoms with Crippen LogP contribution in [0, 0.1) is 37.0 Å². The monoisotopic (exact) mass is 2370 g/mol. The highest BCUT2D eigenvalue weighted by atomic mass is 79.9. The van der Waals surface area contributed by atoms with E-state index in [4.69, 9.17) is 184 Å². The van der Waals surface area contributed by atoms with Gasteiger partial charge in [-0.2, -0.15) is 0 Å². The Morgan fingerprint density at radius 2 is 0.697 bits per heavy atom. The molecule has 5 atom stereocenters. The van der Waals surface area contributed by atoms with Crippen molar-refractivity contribution in [2.45, 2.75) is 264 Å². The van der Waals surface area contributed by atoms with Gasteiger partial charge in [-0.05, 0) is 279 Å². The van der Waals surface area contributed by atoms with Gasteiger partial charge in [0, 0.05) is 132 Å². The minimum absolute atomic E-state index is 0. The van der Waals surface area contributed by atoms with Crippen molar-refractivity contribution in [3.05, 3.63) is 174 Å². The SMILES string of the molecule is CC1(C)OB(c2ccc(N)c(Cl)c2Cl)OC1(C)C.CC1(C)OB(c2ccc(N)c(Cl)c2Cl)OC1(C)C.Cc1nc(N2CCC3(CCC[C@H]3N)CC2)n2ccnc2c1-c1ccc(N)c(Cl)c1Cl.Cc1nc(N2CCC3(CCC[C@H]3N[S@](=O)C(C)(C)C)CC2)n2ccnc2c1-c1ccc(N)c(Cl)c1Cl.Cc1nc(N2CCC3(CCC[C@H]3N[S@](=O)C(C)(C)C)CC2)n2ccnc2c1Br.Cl.N/N=N/N.Nc1ccc(Br)c(Cl)c1Cl. The zero-order valence-corrected chi connectivity index (χ0v) is 97.7. The number of aromatic nitrogens is 9. The van der Waals surface area contributed by atoms with Crippen LogP contribution in [0.1, 0.15) is 210 Å². The molecule has 5 aromatic carbocycles. The lowest BCUT2D eigenvalue weighted by Gasteiger charge is -2.44. The number of fused-ring (bicyclic) bond motifs is 3. The fourth-order valence-electron chi connectivity index (χ4n) is 19.7. The van der Waals surface area contributed by atoms with E-state index in [2.05, 4.69) is 102 Å². The maximum absolute atomic E-state index is 12.8. The quantitative estimate of drug-likeness (QED) is 0.0144. The smallest absolute Gasteiger partial charge is 0.399 e. The number of aryl methyl sites for hydroxylation is 3. The van der Waals surface area contributed by atoms with Crippen molar-refractivity contribution in [3.63, 3.8) is 0 Å². The van der Waals surface area contributed by atoms with Crippen molar-refractivity contribution in [3.8, 4) is 22.3 Å². The molecule has 18 N–H and O–H groups in total. The lowest BCUT2D eigenvalue weighted by atomic mass is 9.74. The first-order valence-corrected chi connectivity index (χ1v) is 55.5. The first-order valence-electron chi connectivity index (χ1n) is 47.9. The molecule has 11 heterocycles. The number of nitrogens with two attached hydrogens (primary N) is 8. The summed E-state index contributed by atoms with van der Waals surface area (Å²) in [5.74, 6) is 11.5. The number of imidazole rings is 3. The van der Waals surface area contributed by atoms with Crippen molar-refractivity contribution >= 4 is 271 Å². The van der Waals surface area contributed by atoms with Crippen LogP contribution in [0.15, 0.2) is 117 Å². The predicted octanol–water partition coefficient (Wildman–Crippen LogP) is 23.2. The lowest BCUT2D eigenvalue weighted by molar-refractivity contribution is 0.00578. The van der Waals surface area contributed by atoms with Crippen LogP contribution in [0.2, 0.25) is 50.2 Å². The molecule has 11 aromatic rings. The summed E-state index contributed by atoms with van der Waals surface area (Å²) in [5, 5.41) is 9.11. The minimum Gasteiger partial charge on any atom is -0.399 e. The molecule has 0 amide bonds. The van der Waals surface area contributed by atoms with E-state index in [1.54, 1.807) is 60.9 Å². The van der Waals surface area contributed by atoms with Crippen molar-refractivity contribution in [2.75, 3.05) is 82.6 Å². The molecule has 19 rings (SSSR count). The fraction of sp³-hybridized carbons (Fsp3) is 0.510. The van der Waals surface area contributed by atoms with Gasteiger partial charge in [0.2, 0.25) is 17.8 Å². The second-order valence-electron chi connectivity index (χ2n) is 41.9. The van der Waals surface area contributed by atoms with E-state index in [-0.39, 0.29) is 32.7 Å². The van der Waals surface area contributed by atoms with Gasteiger partial charge in [-0.25, -0.2) is 47.8 Å². The Balaban J connectivity index is 0.000000159. The van der Waals surface area contributed by atoms with Crippen molar-refractivity contribution in [2.24, 2.45) is 44.1 Å². The van der Waals surface area contributed by atoms with Crippen molar-refractivity contribution in [1.29, 1.82) is 0 Å². The summed E-state index contributed by atoms with van der Waals surface area (Å²) >= 11 is 68.5. The van der Waals surface area contributed by atoms with Crippen LogP contribution in [0.5, 0.6) is 0 Å². The maximum Gasteiger partial charge on any atom is 0.496 e. The Bertz CT molecular complexity index is 6440. The number of piperidine rings is 3. The molecule has 6 aromatic heterocycles. The molecule has 8 aliphatic rings. The Morgan fingerprint density at radius 3 is 1.02 bits per heavy atom. The number of nitrogens with one attached hydrogen (secondary N) is 2. The van der Waals surface area contributed by atoms with Crippen LogP contribution >= 0.6 is 160 Å². The Morgan fingerprint density at radius 1 is 0.407 bits per heavy atom. The molecule has 8 fully saturated rings. The highest BCUT2D eigenvalue weighted by Crippen LogP contribution is 2.53. The summed E-state index contributed by atoms with van der Waals surface area (Å²) in [5.41, 5.74) is 46.5. The molecule has 30 nitrogen and oxygen atoms in total. The highest BCUT2D eigenvalue weighted by Gasteiger charge is 2.55. The fourth-order valence-corrected chi connectivity index (χ4v) is 24.6. The van der Waals surface area contributed by atoms with E-state index in [1.165, 1.54) is 38.5 Å². The zero-order chi connectivity index (χ0) is 106. The molecule has 47 heteroatoms. The number of rotatable bonds is 11. The van der Waals surface area contributed by atoms with E-state index in [0.29, 0.717) is 113 Å². The molecule has 3 spiro atoms. The summed E-state index contributed by atoms with van der Waals surface area (Å²) in [4.78, 5) is 35.7. The second kappa shape index (κ2) is 47.2. The first kappa shape index (κ1) is 118. The van der Waals surface area contributed by atoms with Gasteiger partial charge in [0.1, 0.15) is 11.3 Å². The molecular weight excluding hydrogens is 2240 g/mol. The minimum atomic E-state index is -1.06. The molecule has 5 saturated heterocycles. The van der Waals surface area contributed by atoms with Gasteiger partial charge < -0.3 is 79.4 Å². The van der Waals surface area contributed by atoms with E-state index < -0.39 is 58.6 Å². The van der Waals surface area contributed by atoms with Crippen LogP contribution in [0.3, 0.4) is 0 Å². The largest absolute Gasteiger partial charge is 0.496 e. The normalized spacial score (nSPS) is 20.3. The zero-order valence-electron chi connectivity index (χ0n) is 84.6. The molecule has 0 unspecified atom stereocenters. The summed E-state index contributed by atoms with van der Waals surface area (Å²) in [6, 6.07) is 18.7. The van der Waals surface area contributed by atoms with Gasteiger partial charge in [-0.15, -0.1) is 12.4 Å². The molecule has 0 radical (unpaired) electrons. The summed E-state index contributed by atoms with van der Waals surface area (Å²) in [7, 11) is -3.12. The van der Waals surface area contributed by atoms with Gasteiger partial charge in [-0.3, -0.25) is 13.2 Å². The van der Waals surface area contributed by atoms with Crippen molar-refractivity contribution < 1.29 is 27.0 Å². The van der Waals surface area contributed by atoms with E-state index in [0.717, 1.165) is 180 Å². The molecule has 5 aliphatic heterocycles. The third-order valence-electron chi connectivity index (χ3n) is 29.8. The number of hydrogen-bond donors (Lipinski definition) is 10. The van der Waals surface area contributed by atoms with Gasteiger partial charge in [-0.1, -0.05) is 170 Å². The Kier molecular flexibility index (Phi) is 38.3. The summed E-state index contributed by atoms with van der Waals surface area (Å²) in [6.07, 6.45) is 28.6. The van der Waals surface area contributed by atoms with Crippen LogP contribution in [0.4, 0.5) is 46.3 Å².